The lowest BCUT2D eigenvalue weighted by atomic mass is 9.73. The van der Waals surface area contributed by atoms with E-state index in [-0.39, 0.29) is 29.8 Å². The minimum absolute atomic E-state index is 0.0717. The highest BCUT2D eigenvalue weighted by molar-refractivity contribution is 6.09. The minimum atomic E-state index is -0.569. The predicted molar refractivity (Wildman–Crippen MR) is 188 cm³/mol. The summed E-state index contributed by atoms with van der Waals surface area (Å²) in [6.45, 7) is 9.71. The van der Waals surface area contributed by atoms with Crippen molar-refractivity contribution in [2.75, 3.05) is 49.5 Å². The van der Waals surface area contributed by atoms with Crippen molar-refractivity contribution >= 4 is 34.4 Å². The number of aromatic nitrogens is 3. The number of anilines is 2. The molecule has 10 nitrogen and oxygen atoms in total. The van der Waals surface area contributed by atoms with Gasteiger partial charge in [-0.05, 0) is 109 Å². The summed E-state index contributed by atoms with van der Waals surface area (Å²) in [5, 5.41) is 7.04. The second-order valence-electron chi connectivity index (χ2n) is 15.8. The molecule has 2 N–H and O–H groups in total. The van der Waals surface area contributed by atoms with Gasteiger partial charge in [-0.25, -0.2) is 9.97 Å². The van der Waals surface area contributed by atoms with Crippen LogP contribution in [-0.4, -0.2) is 93.5 Å². The third-order valence-corrected chi connectivity index (χ3v) is 12.4. The number of nitrogens with one attached hydrogen (secondary N) is 2. The van der Waals surface area contributed by atoms with Gasteiger partial charge < -0.3 is 29.9 Å². The average Bonchev–Trinajstić information content (AvgIpc) is 3.46. The Labute approximate surface area is 283 Å². The standard InChI is InChI=1S/C38H50N8O2/c1-24(2)45-23-40-32-21-31(42-35(34(32)45)41-27-7-8-27)25-6-9-30-33(18-25)46(29-19-28(20-29)43-14-4-3-5-15-43)37(48)38(30)11-16-44(17-12-38)36(47)26-10-13-39-22-26/h6,9,18,21,23-24,26-29,39H,3-5,7-8,10-17,19-20,22H2,1-2H3,(H,41,42)/t26-,28?,29?/m1/s1. The van der Waals surface area contributed by atoms with Crippen molar-refractivity contribution < 1.29 is 9.59 Å². The number of pyridine rings is 1. The van der Waals surface area contributed by atoms with Gasteiger partial charge in [-0.1, -0.05) is 18.6 Å². The molecule has 1 spiro atoms. The van der Waals surface area contributed by atoms with Gasteiger partial charge in [0.05, 0.1) is 28.9 Å². The van der Waals surface area contributed by atoms with Gasteiger partial charge in [-0.2, -0.15) is 0 Å². The van der Waals surface area contributed by atoms with E-state index in [4.69, 9.17) is 9.97 Å². The maximum absolute atomic E-state index is 14.8. The molecular weight excluding hydrogens is 600 g/mol. The van der Waals surface area contributed by atoms with Crippen molar-refractivity contribution in [1.82, 2.24) is 29.7 Å². The van der Waals surface area contributed by atoms with Gasteiger partial charge in [0, 0.05) is 55.1 Å². The van der Waals surface area contributed by atoms with Crippen LogP contribution in [-0.2, 0) is 15.0 Å². The van der Waals surface area contributed by atoms with Crippen molar-refractivity contribution in [2.45, 2.75) is 108 Å². The van der Waals surface area contributed by atoms with Crippen molar-refractivity contribution in [1.29, 1.82) is 0 Å². The number of rotatable bonds is 7. The summed E-state index contributed by atoms with van der Waals surface area (Å²) in [6, 6.07) is 10.3. The van der Waals surface area contributed by atoms with E-state index in [2.05, 4.69) is 63.1 Å². The molecule has 2 saturated carbocycles. The summed E-state index contributed by atoms with van der Waals surface area (Å²) in [7, 11) is 0. The Kier molecular flexibility index (Phi) is 7.53. The molecule has 1 atom stereocenters. The van der Waals surface area contributed by atoms with Crippen LogP contribution in [0.4, 0.5) is 11.5 Å². The van der Waals surface area contributed by atoms with Gasteiger partial charge in [-0.3, -0.25) is 9.59 Å². The molecule has 2 amide bonds. The van der Waals surface area contributed by atoms with Crippen molar-refractivity contribution in [3.8, 4) is 11.3 Å². The first-order valence-electron chi connectivity index (χ1n) is 18.8. The minimum Gasteiger partial charge on any atom is -0.366 e. The van der Waals surface area contributed by atoms with Gasteiger partial charge in [0.2, 0.25) is 11.8 Å². The molecule has 2 aliphatic carbocycles. The molecule has 48 heavy (non-hydrogen) atoms. The Hall–Kier alpha value is -3.50. The molecule has 6 heterocycles. The second kappa shape index (κ2) is 11.8. The van der Waals surface area contributed by atoms with E-state index in [1.165, 1.54) is 45.2 Å². The fraction of sp³-hybridized carbons (Fsp3) is 0.632. The fourth-order valence-electron chi connectivity index (χ4n) is 9.30. The lowest BCUT2D eigenvalue weighted by molar-refractivity contribution is -0.138. The van der Waals surface area contributed by atoms with E-state index in [1.807, 2.05) is 11.2 Å². The molecule has 2 aromatic heterocycles. The Morgan fingerprint density at radius 3 is 2.50 bits per heavy atom. The third kappa shape index (κ3) is 5.04. The monoisotopic (exact) mass is 650 g/mol. The Balaban J connectivity index is 1.06. The lowest BCUT2D eigenvalue weighted by Gasteiger charge is -2.48. The third-order valence-electron chi connectivity index (χ3n) is 12.4. The molecule has 10 heteroatoms. The molecular formula is C38H50N8O2. The number of carbonyl (C=O) groups excluding carboxylic acids is 2. The smallest absolute Gasteiger partial charge is 0.238 e. The molecule has 4 aliphatic heterocycles. The van der Waals surface area contributed by atoms with E-state index < -0.39 is 5.41 Å². The highest BCUT2D eigenvalue weighted by atomic mass is 16.2. The maximum Gasteiger partial charge on any atom is 0.238 e. The first kappa shape index (κ1) is 30.6. The van der Waals surface area contributed by atoms with Crippen LogP contribution in [0.5, 0.6) is 0 Å². The SMILES string of the molecule is CC(C)n1cnc2cc(-c3ccc4c(c3)N(C3CC(N5CCCCC5)C3)C(=O)C43CCN(C(=O)[C@@H]4CCNC4)CC3)nc(NC3CC3)c21. The molecule has 0 radical (unpaired) electrons. The number of fused-ring (bicyclic) bond motifs is 3. The van der Waals surface area contributed by atoms with Crippen molar-refractivity contribution in [3.63, 3.8) is 0 Å². The number of amides is 2. The van der Waals surface area contributed by atoms with Crippen LogP contribution < -0.4 is 15.5 Å². The highest BCUT2D eigenvalue weighted by Gasteiger charge is 2.56. The molecule has 6 aliphatic rings. The number of benzene rings is 1. The van der Waals surface area contributed by atoms with Gasteiger partial charge >= 0.3 is 0 Å². The van der Waals surface area contributed by atoms with Crippen LogP contribution in [0.3, 0.4) is 0 Å². The largest absolute Gasteiger partial charge is 0.366 e. The zero-order chi connectivity index (χ0) is 32.6. The molecule has 254 valence electrons. The maximum atomic E-state index is 14.8. The van der Waals surface area contributed by atoms with E-state index in [0.29, 0.717) is 38.0 Å². The van der Waals surface area contributed by atoms with Crippen LogP contribution in [0.2, 0.25) is 0 Å². The number of nitrogens with zero attached hydrogens (tertiary/aromatic N) is 6. The second-order valence-corrected chi connectivity index (χ2v) is 15.8. The predicted octanol–water partition coefficient (Wildman–Crippen LogP) is 5.09. The Bertz CT molecular complexity index is 1720. The van der Waals surface area contributed by atoms with Crippen LogP contribution >= 0.6 is 0 Å². The normalized spacial score (nSPS) is 27.2. The fourth-order valence-corrected chi connectivity index (χ4v) is 9.30. The average molecular weight is 651 g/mol. The number of hydrogen-bond acceptors (Lipinski definition) is 7. The summed E-state index contributed by atoms with van der Waals surface area (Å²) >= 11 is 0. The number of carbonyl (C=O) groups is 2. The Morgan fingerprint density at radius 1 is 1.00 bits per heavy atom. The van der Waals surface area contributed by atoms with Crippen molar-refractivity contribution in [2.24, 2.45) is 5.92 Å². The van der Waals surface area contributed by atoms with E-state index in [9.17, 15) is 9.59 Å². The van der Waals surface area contributed by atoms with Crippen LogP contribution in [0.15, 0.2) is 30.6 Å². The zero-order valence-corrected chi connectivity index (χ0v) is 28.6. The Morgan fingerprint density at radius 2 is 1.79 bits per heavy atom. The molecule has 0 unspecified atom stereocenters. The molecule has 9 rings (SSSR count). The lowest BCUT2D eigenvalue weighted by Crippen LogP contribution is -2.58. The molecule has 5 fully saturated rings. The zero-order valence-electron chi connectivity index (χ0n) is 28.6. The topological polar surface area (TPSA) is 98.6 Å². The molecule has 0 bridgehead atoms. The van der Waals surface area contributed by atoms with Crippen LogP contribution in [0, 0.1) is 5.92 Å². The number of hydrogen-bond donors (Lipinski definition) is 2. The summed E-state index contributed by atoms with van der Waals surface area (Å²) in [4.78, 5) is 45.1. The number of imidazole rings is 1. The number of piperidine rings is 2. The summed E-state index contributed by atoms with van der Waals surface area (Å²) in [5.74, 6) is 1.48. The summed E-state index contributed by atoms with van der Waals surface area (Å²) < 4.78 is 2.21. The first-order valence-corrected chi connectivity index (χ1v) is 18.8. The summed E-state index contributed by atoms with van der Waals surface area (Å²) in [5.41, 5.74) is 5.56. The quantitative estimate of drug-likeness (QED) is 0.368. The van der Waals surface area contributed by atoms with Gasteiger partial charge in [0.25, 0.3) is 0 Å². The van der Waals surface area contributed by atoms with Gasteiger partial charge in [-0.15, -0.1) is 0 Å². The highest BCUT2D eigenvalue weighted by Crippen LogP contribution is 2.52. The number of likely N-dealkylation sites (tertiary alicyclic amines) is 2. The molecule has 3 aromatic rings. The van der Waals surface area contributed by atoms with E-state index in [1.54, 1.807) is 0 Å². The first-order chi connectivity index (χ1) is 23.4. The van der Waals surface area contributed by atoms with Gasteiger partial charge in [0.15, 0.2) is 5.82 Å². The van der Waals surface area contributed by atoms with Gasteiger partial charge in [0.1, 0.15) is 5.52 Å². The molecule has 1 aromatic carbocycles. The molecule has 3 saturated heterocycles. The van der Waals surface area contributed by atoms with E-state index >= 15 is 0 Å². The van der Waals surface area contributed by atoms with Crippen molar-refractivity contribution in [3.05, 3.63) is 36.2 Å². The van der Waals surface area contributed by atoms with Crippen LogP contribution in [0.25, 0.3) is 22.3 Å². The van der Waals surface area contributed by atoms with Crippen LogP contribution in [0.1, 0.15) is 89.7 Å². The summed E-state index contributed by atoms with van der Waals surface area (Å²) in [6.07, 6.45) is 12.5. The van der Waals surface area contributed by atoms with E-state index in [0.717, 1.165) is 71.7 Å².